The molecule has 0 unspecified atom stereocenters. The molecule has 0 atom stereocenters. The first-order chi connectivity index (χ1) is 8.58. The molecule has 4 nitrogen and oxygen atoms in total. The third kappa shape index (κ3) is 2.81. The molecule has 0 amide bonds. The van der Waals surface area contributed by atoms with Crippen molar-refractivity contribution in [2.45, 2.75) is 39.5 Å². The first-order valence-electron chi connectivity index (χ1n) is 6.53. The van der Waals surface area contributed by atoms with E-state index >= 15 is 0 Å². The summed E-state index contributed by atoms with van der Waals surface area (Å²) in [4.78, 5) is 15.5. The van der Waals surface area contributed by atoms with Crippen molar-refractivity contribution in [1.29, 1.82) is 0 Å². The molecule has 98 valence electrons. The molecule has 1 aliphatic rings. The number of aryl methyl sites for hydroxylation is 2. The van der Waals surface area contributed by atoms with E-state index in [4.69, 9.17) is 0 Å². The molecule has 1 aromatic rings. The highest BCUT2D eigenvalue weighted by atomic mass is 16.4. The summed E-state index contributed by atoms with van der Waals surface area (Å²) in [5.41, 5.74) is 2.45. The molecule has 1 aromatic heterocycles. The summed E-state index contributed by atoms with van der Waals surface area (Å²) in [7, 11) is 0. The molecule has 2 rings (SSSR count). The molecule has 0 aliphatic heterocycles. The Bertz CT molecular complexity index is 451. The van der Waals surface area contributed by atoms with E-state index in [0.29, 0.717) is 22.9 Å². The first-order valence-corrected chi connectivity index (χ1v) is 6.53. The SMILES string of the molecule is Cc1cc(NCC2CCCC2)c(C(=O)O)c(C)n1. The Balaban J connectivity index is 2.16. The van der Waals surface area contributed by atoms with Gasteiger partial charge in [0.2, 0.25) is 0 Å². The number of hydrogen-bond acceptors (Lipinski definition) is 3. The van der Waals surface area contributed by atoms with Crippen LogP contribution in [0.1, 0.15) is 47.4 Å². The minimum absolute atomic E-state index is 0.304. The Kier molecular flexibility index (Phi) is 3.84. The number of aromatic nitrogens is 1. The van der Waals surface area contributed by atoms with Gasteiger partial charge in [0.15, 0.2) is 0 Å². The van der Waals surface area contributed by atoms with Crippen molar-refractivity contribution in [1.82, 2.24) is 4.98 Å². The number of carbonyl (C=O) groups is 1. The largest absolute Gasteiger partial charge is 0.478 e. The van der Waals surface area contributed by atoms with Gasteiger partial charge in [0.05, 0.1) is 11.4 Å². The van der Waals surface area contributed by atoms with E-state index in [9.17, 15) is 9.90 Å². The Morgan fingerprint density at radius 3 is 2.72 bits per heavy atom. The van der Waals surface area contributed by atoms with Crippen molar-refractivity contribution in [3.63, 3.8) is 0 Å². The normalized spacial score (nSPS) is 15.9. The van der Waals surface area contributed by atoms with Crippen molar-refractivity contribution in [2.75, 3.05) is 11.9 Å². The Hall–Kier alpha value is -1.58. The van der Waals surface area contributed by atoms with E-state index in [2.05, 4.69) is 10.3 Å². The average molecular weight is 248 g/mol. The van der Waals surface area contributed by atoms with Crippen molar-refractivity contribution in [3.05, 3.63) is 23.0 Å². The minimum Gasteiger partial charge on any atom is -0.478 e. The molecule has 1 heterocycles. The molecule has 4 heteroatoms. The second-order valence-electron chi connectivity index (χ2n) is 5.11. The second-order valence-corrected chi connectivity index (χ2v) is 5.11. The fourth-order valence-corrected chi connectivity index (χ4v) is 2.71. The number of carboxylic acids is 1. The highest BCUT2D eigenvalue weighted by Gasteiger charge is 2.18. The van der Waals surface area contributed by atoms with Crippen LogP contribution in [0, 0.1) is 19.8 Å². The zero-order valence-corrected chi connectivity index (χ0v) is 11.0. The predicted octanol–water partition coefficient (Wildman–Crippen LogP) is 3.00. The highest BCUT2D eigenvalue weighted by molar-refractivity contribution is 5.95. The Morgan fingerprint density at radius 2 is 2.11 bits per heavy atom. The fourth-order valence-electron chi connectivity index (χ4n) is 2.71. The fraction of sp³-hybridized carbons (Fsp3) is 0.571. The van der Waals surface area contributed by atoms with Crippen LogP contribution in [0.5, 0.6) is 0 Å². The molecule has 2 N–H and O–H groups in total. The minimum atomic E-state index is -0.908. The van der Waals surface area contributed by atoms with Gasteiger partial charge in [-0.1, -0.05) is 12.8 Å². The lowest BCUT2D eigenvalue weighted by atomic mass is 10.1. The van der Waals surface area contributed by atoms with E-state index in [1.165, 1.54) is 25.7 Å². The standard InChI is InChI=1S/C14H20N2O2/c1-9-7-12(13(14(17)18)10(2)16-9)15-8-11-5-3-4-6-11/h7,11H,3-6,8H2,1-2H3,(H,15,16)(H,17,18). The van der Waals surface area contributed by atoms with Crippen LogP contribution < -0.4 is 5.32 Å². The van der Waals surface area contributed by atoms with Crippen LogP contribution in [0.4, 0.5) is 5.69 Å². The lowest BCUT2D eigenvalue weighted by Crippen LogP contribution is -2.15. The van der Waals surface area contributed by atoms with Gasteiger partial charge in [0.1, 0.15) is 5.56 Å². The number of carboxylic acid groups (broad SMARTS) is 1. The van der Waals surface area contributed by atoms with Crippen LogP contribution in [-0.4, -0.2) is 22.6 Å². The van der Waals surface area contributed by atoms with E-state index < -0.39 is 5.97 Å². The maximum Gasteiger partial charge on any atom is 0.339 e. The summed E-state index contributed by atoms with van der Waals surface area (Å²) in [6.45, 7) is 4.50. The summed E-state index contributed by atoms with van der Waals surface area (Å²) in [6.07, 6.45) is 5.09. The smallest absolute Gasteiger partial charge is 0.339 e. The predicted molar refractivity (Wildman–Crippen MR) is 71.1 cm³/mol. The van der Waals surface area contributed by atoms with E-state index in [1.807, 2.05) is 13.0 Å². The number of pyridine rings is 1. The summed E-state index contributed by atoms with van der Waals surface area (Å²) in [5.74, 6) is -0.227. The molecule has 0 aromatic carbocycles. The van der Waals surface area contributed by atoms with Crippen molar-refractivity contribution in [3.8, 4) is 0 Å². The summed E-state index contributed by atoms with van der Waals surface area (Å²) in [5, 5.41) is 12.5. The summed E-state index contributed by atoms with van der Waals surface area (Å²) < 4.78 is 0. The van der Waals surface area contributed by atoms with Crippen LogP contribution in [0.3, 0.4) is 0 Å². The first kappa shape index (κ1) is 12.9. The van der Waals surface area contributed by atoms with Crippen LogP contribution in [0.25, 0.3) is 0 Å². The monoisotopic (exact) mass is 248 g/mol. The van der Waals surface area contributed by atoms with E-state index in [0.717, 1.165) is 12.2 Å². The third-order valence-electron chi connectivity index (χ3n) is 3.60. The lowest BCUT2D eigenvalue weighted by molar-refractivity contribution is 0.0696. The van der Waals surface area contributed by atoms with Crippen molar-refractivity contribution in [2.24, 2.45) is 5.92 Å². The molecule has 0 radical (unpaired) electrons. The van der Waals surface area contributed by atoms with E-state index in [-0.39, 0.29) is 0 Å². The van der Waals surface area contributed by atoms with Crippen LogP contribution >= 0.6 is 0 Å². The van der Waals surface area contributed by atoms with Crippen LogP contribution in [0.15, 0.2) is 6.07 Å². The molecule has 1 fully saturated rings. The number of anilines is 1. The van der Waals surface area contributed by atoms with Gasteiger partial charge in [0.25, 0.3) is 0 Å². The summed E-state index contributed by atoms with van der Waals surface area (Å²) in [6, 6.07) is 1.82. The molecular formula is C14H20N2O2. The van der Waals surface area contributed by atoms with Crippen LogP contribution in [0.2, 0.25) is 0 Å². The van der Waals surface area contributed by atoms with Gasteiger partial charge in [-0.2, -0.15) is 0 Å². The number of nitrogens with zero attached hydrogens (tertiary/aromatic N) is 1. The summed E-state index contributed by atoms with van der Waals surface area (Å²) >= 11 is 0. The van der Waals surface area contributed by atoms with Gasteiger partial charge in [-0.05, 0) is 38.7 Å². The second kappa shape index (κ2) is 5.38. The van der Waals surface area contributed by atoms with Gasteiger partial charge in [-0.25, -0.2) is 4.79 Å². The maximum atomic E-state index is 11.3. The van der Waals surface area contributed by atoms with E-state index in [1.54, 1.807) is 6.92 Å². The van der Waals surface area contributed by atoms with Gasteiger partial charge in [-0.3, -0.25) is 4.98 Å². The molecule has 1 saturated carbocycles. The van der Waals surface area contributed by atoms with Crippen molar-refractivity contribution < 1.29 is 9.90 Å². The quantitative estimate of drug-likeness (QED) is 0.859. The third-order valence-corrected chi connectivity index (χ3v) is 3.60. The van der Waals surface area contributed by atoms with Gasteiger partial charge in [-0.15, -0.1) is 0 Å². The van der Waals surface area contributed by atoms with Gasteiger partial charge in [0, 0.05) is 12.2 Å². The zero-order chi connectivity index (χ0) is 13.1. The molecule has 0 saturated heterocycles. The van der Waals surface area contributed by atoms with Gasteiger partial charge < -0.3 is 10.4 Å². The molecular weight excluding hydrogens is 228 g/mol. The molecule has 0 bridgehead atoms. The molecule has 1 aliphatic carbocycles. The topological polar surface area (TPSA) is 62.2 Å². The molecule has 18 heavy (non-hydrogen) atoms. The highest BCUT2D eigenvalue weighted by Crippen LogP contribution is 2.26. The zero-order valence-electron chi connectivity index (χ0n) is 11.0. The number of rotatable bonds is 4. The number of aromatic carboxylic acids is 1. The number of hydrogen-bond donors (Lipinski definition) is 2. The van der Waals surface area contributed by atoms with Gasteiger partial charge >= 0.3 is 5.97 Å². The van der Waals surface area contributed by atoms with Crippen molar-refractivity contribution >= 4 is 11.7 Å². The maximum absolute atomic E-state index is 11.3. The molecule has 0 spiro atoms. The Morgan fingerprint density at radius 1 is 1.44 bits per heavy atom. The van der Waals surface area contributed by atoms with Crippen LogP contribution in [-0.2, 0) is 0 Å². The lowest BCUT2D eigenvalue weighted by Gasteiger charge is -2.15. The Labute approximate surface area is 107 Å². The number of nitrogens with one attached hydrogen (secondary N) is 1. The average Bonchev–Trinajstić information content (AvgIpc) is 2.77.